The van der Waals surface area contributed by atoms with Gasteiger partial charge in [0.1, 0.15) is 0 Å². The molecule has 0 spiro atoms. The van der Waals surface area contributed by atoms with Crippen molar-refractivity contribution in [2.24, 2.45) is 11.8 Å². The maximum atomic E-state index is 11.8. The number of hydrogen-bond donors (Lipinski definition) is 3. The summed E-state index contributed by atoms with van der Waals surface area (Å²) in [6.45, 7) is 2.97. The third kappa shape index (κ3) is 4.46. The van der Waals surface area contributed by atoms with Crippen LogP contribution in [0.1, 0.15) is 36.1 Å². The zero-order chi connectivity index (χ0) is 15.2. The summed E-state index contributed by atoms with van der Waals surface area (Å²) in [6, 6.07) is 1.80. The lowest BCUT2D eigenvalue weighted by Gasteiger charge is -2.28. The van der Waals surface area contributed by atoms with E-state index in [0.29, 0.717) is 13.1 Å². The van der Waals surface area contributed by atoms with Gasteiger partial charge in [-0.25, -0.2) is 4.79 Å². The van der Waals surface area contributed by atoms with Gasteiger partial charge in [0.2, 0.25) is 0 Å². The van der Waals surface area contributed by atoms with E-state index < -0.39 is 5.97 Å². The van der Waals surface area contributed by atoms with E-state index >= 15 is 0 Å². The van der Waals surface area contributed by atoms with Crippen LogP contribution in [0.5, 0.6) is 0 Å². The molecule has 3 N–H and O–H groups in total. The first kappa shape index (κ1) is 15.8. The highest BCUT2D eigenvalue weighted by Gasteiger charge is 2.30. The molecule has 0 saturated heterocycles. The number of amides is 2. The normalized spacial score (nSPS) is 21.8. The molecule has 1 aliphatic rings. The van der Waals surface area contributed by atoms with Crippen LogP contribution in [0.3, 0.4) is 0 Å². The van der Waals surface area contributed by atoms with Crippen LogP contribution in [0, 0.1) is 18.8 Å². The number of carboxylic acids is 1. The number of carboxylic acid groups (broad SMARTS) is 1. The summed E-state index contributed by atoms with van der Waals surface area (Å²) in [4.78, 5) is 24.1. The molecule has 116 valence electrons. The summed E-state index contributed by atoms with van der Waals surface area (Å²) in [5.74, 6) is -1.01. The second-order valence-electron chi connectivity index (χ2n) is 5.58. The molecule has 2 atom stereocenters. The van der Waals surface area contributed by atoms with Gasteiger partial charge < -0.3 is 15.7 Å². The van der Waals surface area contributed by atoms with Gasteiger partial charge in [0, 0.05) is 11.4 Å². The van der Waals surface area contributed by atoms with Crippen LogP contribution in [0.4, 0.5) is 4.79 Å². The SMILES string of the molecule is Cc1ccsc1CNC(=O)NCC1CCCCC1C(=O)O. The first-order valence-corrected chi connectivity index (χ1v) is 8.23. The smallest absolute Gasteiger partial charge is 0.315 e. The van der Waals surface area contributed by atoms with Gasteiger partial charge in [-0.15, -0.1) is 11.3 Å². The largest absolute Gasteiger partial charge is 0.481 e. The lowest BCUT2D eigenvalue weighted by Crippen LogP contribution is -2.41. The highest BCUT2D eigenvalue weighted by Crippen LogP contribution is 2.29. The van der Waals surface area contributed by atoms with E-state index in [-0.39, 0.29) is 17.9 Å². The molecule has 5 nitrogen and oxygen atoms in total. The number of rotatable bonds is 5. The van der Waals surface area contributed by atoms with Gasteiger partial charge in [-0.1, -0.05) is 12.8 Å². The van der Waals surface area contributed by atoms with E-state index in [2.05, 4.69) is 10.6 Å². The number of thiophene rings is 1. The first-order valence-electron chi connectivity index (χ1n) is 7.35. The van der Waals surface area contributed by atoms with E-state index in [0.717, 1.165) is 30.6 Å². The summed E-state index contributed by atoms with van der Waals surface area (Å²) in [7, 11) is 0. The predicted molar refractivity (Wildman–Crippen MR) is 82.4 cm³/mol. The number of urea groups is 1. The summed E-state index contributed by atoms with van der Waals surface area (Å²) < 4.78 is 0. The Labute approximate surface area is 128 Å². The molecule has 1 heterocycles. The van der Waals surface area contributed by atoms with Crippen LogP contribution >= 0.6 is 11.3 Å². The van der Waals surface area contributed by atoms with Crippen molar-refractivity contribution in [2.75, 3.05) is 6.54 Å². The minimum absolute atomic E-state index is 0.0467. The van der Waals surface area contributed by atoms with Gasteiger partial charge >= 0.3 is 12.0 Å². The molecule has 2 rings (SSSR count). The Bertz CT molecular complexity index is 501. The van der Waals surface area contributed by atoms with Crippen molar-refractivity contribution in [1.82, 2.24) is 10.6 Å². The summed E-state index contributed by atoms with van der Waals surface area (Å²) in [6.07, 6.45) is 3.61. The minimum atomic E-state index is -0.740. The average molecular weight is 310 g/mol. The Morgan fingerprint density at radius 3 is 2.76 bits per heavy atom. The number of aliphatic carboxylic acids is 1. The molecule has 1 aliphatic carbocycles. The Hall–Kier alpha value is -1.56. The number of hydrogen-bond acceptors (Lipinski definition) is 3. The topological polar surface area (TPSA) is 78.4 Å². The zero-order valence-electron chi connectivity index (χ0n) is 12.2. The monoisotopic (exact) mass is 310 g/mol. The summed E-state index contributed by atoms with van der Waals surface area (Å²) >= 11 is 1.62. The minimum Gasteiger partial charge on any atom is -0.481 e. The van der Waals surface area contributed by atoms with Crippen LogP contribution in [0.15, 0.2) is 11.4 Å². The van der Waals surface area contributed by atoms with E-state index in [1.807, 2.05) is 18.4 Å². The molecular formula is C15H22N2O3S. The Kier molecular flexibility index (Phi) is 5.61. The number of carbonyl (C=O) groups is 2. The molecule has 1 fully saturated rings. The molecule has 1 aromatic rings. The van der Waals surface area contributed by atoms with E-state index in [4.69, 9.17) is 0 Å². The van der Waals surface area contributed by atoms with Crippen LogP contribution < -0.4 is 10.6 Å². The highest BCUT2D eigenvalue weighted by molar-refractivity contribution is 7.10. The van der Waals surface area contributed by atoms with Crippen molar-refractivity contribution in [3.8, 4) is 0 Å². The quantitative estimate of drug-likeness (QED) is 0.782. The van der Waals surface area contributed by atoms with Crippen molar-refractivity contribution in [3.63, 3.8) is 0 Å². The molecule has 0 bridgehead atoms. The van der Waals surface area contributed by atoms with Gasteiger partial charge in [-0.3, -0.25) is 4.79 Å². The van der Waals surface area contributed by atoms with Crippen molar-refractivity contribution < 1.29 is 14.7 Å². The number of aryl methyl sites for hydroxylation is 1. The molecule has 0 aliphatic heterocycles. The average Bonchev–Trinajstić information content (AvgIpc) is 2.88. The summed E-state index contributed by atoms with van der Waals surface area (Å²) in [5.41, 5.74) is 1.18. The van der Waals surface area contributed by atoms with Gasteiger partial charge in [0.05, 0.1) is 12.5 Å². The first-order chi connectivity index (χ1) is 10.1. The second-order valence-corrected chi connectivity index (χ2v) is 6.58. The Morgan fingerprint density at radius 1 is 1.33 bits per heavy atom. The predicted octanol–water partition coefficient (Wildman–Crippen LogP) is 2.75. The maximum Gasteiger partial charge on any atom is 0.315 e. The molecule has 2 unspecified atom stereocenters. The fourth-order valence-corrected chi connectivity index (χ4v) is 3.66. The van der Waals surface area contributed by atoms with Crippen molar-refractivity contribution >= 4 is 23.3 Å². The van der Waals surface area contributed by atoms with E-state index in [1.165, 1.54) is 5.56 Å². The van der Waals surface area contributed by atoms with E-state index in [9.17, 15) is 14.7 Å². The molecule has 6 heteroatoms. The van der Waals surface area contributed by atoms with Gasteiger partial charge in [-0.2, -0.15) is 0 Å². The van der Waals surface area contributed by atoms with E-state index in [1.54, 1.807) is 11.3 Å². The Morgan fingerprint density at radius 2 is 2.10 bits per heavy atom. The van der Waals surface area contributed by atoms with Crippen LogP contribution in [0.2, 0.25) is 0 Å². The number of carbonyl (C=O) groups excluding carboxylic acids is 1. The molecule has 1 saturated carbocycles. The van der Waals surface area contributed by atoms with Crippen LogP contribution in [0.25, 0.3) is 0 Å². The van der Waals surface area contributed by atoms with Gasteiger partial charge in [-0.05, 0) is 42.7 Å². The van der Waals surface area contributed by atoms with Crippen LogP contribution in [-0.4, -0.2) is 23.7 Å². The molecule has 0 radical (unpaired) electrons. The van der Waals surface area contributed by atoms with Crippen LogP contribution in [-0.2, 0) is 11.3 Å². The lowest BCUT2D eigenvalue weighted by molar-refractivity contribution is -0.144. The highest BCUT2D eigenvalue weighted by atomic mass is 32.1. The molecular weight excluding hydrogens is 288 g/mol. The lowest BCUT2D eigenvalue weighted by atomic mass is 9.79. The van der Waals surface area contributed by atoms with Crippen molar-refractivity contribution in [2.45, 2.75) is 39.2 Å². The van der Waals surface area contributed by atoms with Crippen molar-refractivity contribution in [3.05, 3.63) is 21.9 Å². The fourth-order valence-electron chi connectivity index (χ4n) is 2.81. The third-order valence-corrected chi connectivity index (χ3v) is 5.15. The molecule has 0 aromatic carbocycles. The van der Waals surface area contributed by atoms with Gasteiger partial charge in [0.25, 0.3) is 0 Å². The molecule has 2 amide bonds. The molecule has 21 heavy (non-hydrogen) atoms. The Balaban J connectivity index is 1.75. The zero-order valence-corrected chi connectivity index (χ0v) is 13.0. The standard InChI is InChI=1S/C15H22N2O3S/c1-10-6-7-21-13(10)9-17-15(20)16-8-11-4-2-3-5-12(11)14(18)19/h6-7,11-12H,2-5,8-9H2,1H3,(H,18,19)(H2,16,17,20). The summed E-state index contributed by atoms with van der Waals surface area (Å²) in [5, 5.41) is 16.8. The maximum absolute atomic E-state index is 11.8. The fraction of sp³-hybridized carbons (Fsp3) is 0.600. The van der Waals surface area contributed by atoms with Crippen molar-refractivity contribution in [1.29, 1.82) is 0 Å². The van der Waals surface area contributed by atoms with Gasteiger partial charge in [0.15, 0.2) is 0 Å². The number of nitrogens with one attached hydrogen (secondary N) is 2. The third-order valence-electron chi connectivity index (χ3n) is 4.13. The molecule has 1 aromatic heterocycles. The second kappa shape index (κ2) is 7.45.